The third kappa shape index (κ3) is 4.52. The first-order valence-electron chi connectivity index (χ1n) is 12.0. The molecule has 180 valence electrons. The molecule has 2 aliphatic heterocycles. The number of hydrogen-bond acceptors (Lipinski definition) is 5. The lowest BCUT2D eigenvalue weighted by atomic mass is 9.79. The first-order chi connectivity index (χ1) is 16.2. The van der Waals surface area contributed by atoms with E-state index in [2.05, 4.69) is 24.2 Å². The lowest BCUT2D eigenvalue weighted by Gasteiger charge is -2.40. The Bertz CT molecular complexity index is 1120. The van der Waals surface area contributed by atoms with E-state index >= 15 is 0 Å². The number of fused-ring (bicyclic) bond motifs is 1. The second-order valence-electron chi connectivity index (χ2n) is 9.98. The SMILES string of the molecule is CCC1(CC)CC(=O)N(Cc2cccc(C(=O)N[C@@H]3c4ccccc4OCC3(C)C)c2)C(N)=N1. The molecule has 2 aliphatic rings. The van der Waals surface area contributed by atoms with E-state index in [0.717, 1.165) is 29.7 Å². The number of ether oxygens (including phenoxy) is 1. The van der Waals surface area contributed by atoms with Crippen LogP contribution in [0.5, 0.6) is 5.75 Å². The lowest BCUT2D eigenvalue weighted by molar-refractivity contribution is -0.130. The largest absolute Gasteiger partial charge is 0.493 e. The molecule has 4 rings (SSSR count). The minimum absolute atomic E-state index is 0.0355. The van der Waals surface area contributed by atoms with Gasteiger partial charge in [-0.05, 0) is 36.6 Å². The zero-order valence-corrected chi connectivity index (χ0v) is 20.4. The molecule has 0 saturated heterocycles. The van der Waals surface area contributed by atoms with Crippen molar-refractivity contribution < 1.29 is 14.3 Å². The molecule has 34 heavy (non-hydrogen) atoms. The predicted octanol–water partition coefficient (Wildman–Crippen LogP) is 4.18. The summed E-state index contributed by atoms with van der Waals surface area (Å²) in [6.07, 6.45) is 1.88. The summed E-state index contributed by atoms with van der Waals surface area (Å²) in [5.74, 6) is 0.843. The molecule has 2 aromatic rings. The monoisotopic (exact) mass is 462 g/mol. The van der Waals surface area contributed by atoms with Crippen molar-refractivity contribution in [3.63, 3.8) is 0 Å². The lowest BCUT2D eigenvalue weighted by Crippen LogP contribution is -2.50. The summed E-state index contributed by atoms with van der Waals surface area (Å²) in [6.45, 7) is 9.03. The third-order valence-electron chi connectivity index (χ3n) is 7.14. The van der Waals surface area contributed by atoms with Crippen LogP contribution in [0.3, 0.4) is 0 Å². The average Bonchev–Trinajstić information content (AvgIpc) is 2.83. The van der Waals surface area contributed by atoms with Gasteiger partial charge in [0.05, 0.1) is 31.2 Å². The zero-order valence-electron chi connectivity index (χ0n) is 20.4. The fourth-order valence-electron chi connectivity index (χ4n) is 4.77. The van der Waals surface area contributed by atoms with Gasteiger partial charge in [-0.3, -0.25) is 14.5 Å². The van der Waals surface area contributed by atoms with Crippen molar-refractivity contribution in [2.75, 3.05) is 6.61 Å². The number of amides is 2. The number of hydrogen-bond donors (Lipinski definition) is 2. The first-order valence-corrected chi connectivity index (χ1v) is 12.0. The van der Waals surface area contributed by atoms with Crippen LogP contribution in [-0.2, 0) is 11.3 Å². The van der Waals surface area contributed by atoms with Crippen LogP contribution in [0.4, 0.5) is 0 Å². The van der Waals surface area contributed by atoms with E-state index < -0.39 is 5.54 Å². The molecule has 7 nitrogen and oxygen atoms in total. The van der Waals surface area contributed by atoms with Crippen LogP contribution in [0, 0.1) is 5.41 Å². The fourth-order valence-corrected chi connectivity index (χ4v) is 4.77. The Hall–Kier alpha value is -3.35. The van der Waals surface area contributed by atoms with Gasteiger partial charge >= 0.3 is 0 Å². The van der Waals surface area contributed by atoms with Crippen molar-refractivity contribution in [3.8, 4) is 5.75 Å². The van der Waals surface area contributed by atoms with E-state index in [1.165, 1.54) is 4.90 Å². The molecule has 3 N–H and O–H groups in total. The fraction of sp³-hybridized carbons (Fsp3) is 0.444. The molecular formula is C27H34N4O3. The quantitative estimate of drug-likeness (QED) is 0.673. The van der Waals surface area contributed by atoms with Crippen molar-refractivity contribution in [2.45, 2.75) is 65.1 Å². The Morgan fingerprint density at radius 3 is 2.62 bits per heavy atom. The summed E-state index contributed by atoms with van der Waals surface area (Å²) in [5, 5.41) is 3.21. The topological polar surface area (TPSA) is 97.0 Å². The maximum absolute atomic E-state index is 13.3. The number of nitrogens with two attached hydrogens (primary N) is 1. The highest BCUT2D eigenvalue weighted by atomic mass is 16.5. The van der Waals surface area contributed by atoms with Gasteiger partial charge in [0.1, 0.15) is 5.75 Å². The molecule has 0 spiro atoms. The van der Waals surface area contributed by atoms with Crippen LogP contribution in [0.2, 0.25) is 0 Å². The van der Waals surface area contributed by atoms with E-state index in [1.807, 2.05) is 56.3 Å². The van der Waals surface area contributed by atoms with E-state index in [9.17, 15) is 9.59 Å². The molecule has 0 saturated carbocycles. The maximum Gasteiger partial charge on any atom is 0.251 e. The van der Waals surface area contributed by atoms with Crippen LogP contribution in [0.25, 0.3) is 0 Å². The number of nitrogens with one attached hydrogen (secondary N) is 1. The highest BCUT2D eigenvalue weighted by Crippen LogP contribution is 2.42. The minimum Gasteiger partial charge on any atom is -0.493 e. The van der Waals surface area contributed by atoms with Gasteiger partial charge in [0.25, 0.3) is 5.91 Å². The zero-order chi connectivity index (χ0) is 24.5. The summed E-state index contributed by atoms with van der Waals surface area (Å²) in [5.41, 5.74) is 7.86. The molecule has 0 fully saturated rings. The number of benzene rings is 2. The minimum atomic E-state index is -0.411. The van der Waals surface area contributed by atoms with Gasteiger partial charge in [-0.25, -0.2) is 4.99 Å². The van der Waals surface area contributed by atoms with Crippen LogP contribution in [-0.4, -0.2) is 34.8 Å². The van der Waals surface area contributed by atoms with E-state index in [0.29, 0.717) is 18.6 Å². The molecule has 1 atom stereocenters. The molecule has 0 radical (unpaired) electrons. The number of guanidine groups is 1. The number of aliphatic imine (C=N–C) groups is 1. The van der Waals surface area contributed by atoms with Crippen molar-refractivity contribution in [2.24, 2.45) is 16.1 Å². The molecule has 0 aromatic heterocycles. The van der Waals surface area contributed by atoms with Crippen LogP contribution < -0.4 is 15.8 Å². The predicted molar refractivity (Wildman–Crippen MR) is 132 cm³/mol. The molecule has 0 bridgehead atoms. The number of carbonyl (C=O) groups is 2. The molecule has 2 heterocycles. The second-order valence-corrected chi connectivity index (χ2v) is 9.98. The smallest absolute Gasteiger partial charge is 0.251 e. The van der Waals surface area contributed by atoms with E-state index in [1.54, 1.807) is 6.07 Å². The number of nitrogens with zero attached hydrogens (tertiary/aromatic N) is 2. The van der Waals surface area contributed by atoms with Crippen molar-refractivity contribution in [1.29, 1.82) is 0 Å². The second kappa shape index (κ2) is 9.12. The van der Waals surface area contributed by atoms with Crippen molar-refractivity contribution in [1.82, 2.24) is 10.2 Å². The summed E-state index contributed by atoms with van der Waals surface area (Å²) in [6, 6.07) is 15.0. The van der Waals surface area contributed by atoms with E-state index in [4.69, 9.17) is 10.5 Å². The molecule has 7 heteroatoms. The van der Waals surface area contributed by atoms with Crippen LogP contribution in [0.1, 0.15) is 74.5 Å². The molecule has 0 unspecified atom stereocenters. The highest BCUT2D eigenvalue weighted by Gasteiger charge is 2.39. The summed E-state index contributed by atoms with van der Waals surface area (Å²) < 4.78 is 5.90. The van der Waals surface area contributed by atoms with Crippen LogP contribution >= 0.6 is 0 Å². The number of para-hydroxylation sites is 1. The summed E-state index contributed by atoms with van der Waals surface area (Å²) in [7, 11) is 0. The molecule has 0 aliphatic carbocycles. The third-order valence-corrected chi connectivity index (χ3v) is 7.14. The van der Waals surface area contributed by atoms with Gasteiger partial charge in [-0.1, -0.05) is 58.0 Å². The molecule has 2 amide bonds. The molecule has 2 aromatic carbocycles. The van der Waals surface area contributed by atoms with Gasteiger partial charge in [-0.2, -0.15) is 0 Å². The van der Waals surface area contributed by atoms with Gasteiger partial charge in [-0.15, -0.1) is 0 Å². The average molecular weight is 463 g/mol. The van der Waals surface area contributed by atoms with Gasteiger partial charge in [0, 0.05) is 16.5 Å². The number of rotatable bonds is 6. The van der Waals surface area contributed by atoms with Crippen molar-refractivity contribution >= 4 is 17.8 Å². The number of carbonyl (C=O) groups excluding carboxylic acids is 2. The Morgan fingerprint density at radius 1 is 1.18 bits per heavy atom. The Kier molecular flexibility index (Phi) is 6.39. The normalized spacial score (nSPS) is 20.7. The van der Waals surface area contributed by atoms with Crippen LogP contribution in [0.15, 0.2) is 53.5 Å². The summed E-state index contributed by atoms with van der Waals surface area (Å²) in [4.78, 5) is 32.3. The van der Waals surface area contributed by atoms with Gasteiger partial charge in [0.15, 0.2) is 5.96 Å². The first kappa shape index (κ1) is 23.8. The van der Waals surface area contributed by atoms with Gasteiger partial charge < -0.3 is 15.8 Å². The van der Waals surface area contributed by atoms with E-state index in [-0.39, 0.29) is 35.8 Å². The van der Waals surface area contributed by atoms with Crippen molar-refractivity contribution in [3.05, 3.63) is 65.2 Å². The highest BCUT2D eigenvalue weighted by molar-refractivity contribution is 5.99. The Labute approximate surface area is 201 Å². The Balaban J connectivity index is 1.53. The standard InChI is InChI=1S/C27H34N4O3/c1-5-27(6-2)15-22(32)31(25(28)30-27)16-18-10-9-11-19(14-18)24(33)29-23-20-12-7-8-13-21(20)34-17-26(23,3)4/h7-14,23H,5-6,15-17H2,1-4H3,(H2,28,30)(H,29,33)/t23-/m1/s1. The van der Waals surface area contributed by atoms with Gasteiger partial charge in [0.2, 0.25) is 5.91 Å². The Morgan fingerprint density at radius 2 is 1.91 bits per heavy atom. The molecular weight excluding hydrogens is 428 g/mol. The summed E-state index contributed by atoms with van der Waals surface area (Å²) >= 11 is 0. The maximum atomic E-state index is 13.3.